The van der Waals surface area contributed by atoms with Crippen LogP contribution in [-0.4, -0.2) is 39.1 Å². The normalized spacial score (nSPS) is 12.1. The molecule has 0 aliphatic rings. The monoisotopic (exact) mass is 242 g/mol. The lowest BCUT2D eigenvalue weighted by molar-refractivity contribution is 0.0288. The van der Waals surface area contributed by atoms with Crippen LogP contribution in [0.2, 0.25) is 0 Å². The second-order valence-electron chi connectivity index (χ2n) is 3.59. The molecule has 1 unspecified atom stereocenters. The fourth-order valence-corrected chi connectivity index (χ4v) is 1.21. The Bertz CT molecular complexity index is 391. The molecule has 0 bridgehead atoms. The second kappa shape index (κ2) is 5.40. The van der Waals surface area contributed by atoms with Gasteiger partial charge in [0.1, 0.15) is 6.10 Å². The molecule has 6 nitrogen and oxygen atoms in total. The first-order valence-corrected chi connectivity index (χ1v) is 5.02. The predicted octanol–water partition coefficient (Wildman–Crippen LogP) is 0.731. The summed E-state index contributed by atoms with van der Waals surface area (Å²) in [7, 11) is 0. The SMILES string of the molecule is CC(CCO)OC(=O)c1cc(O)c(O)c(O)c1. The largest absolute Gasteiger partial charge is 0.504 e. The van der Waals surface area contributed by atoms with Crippen molar-refractivity contribution >= 4 is 5.97 Å². The lowest BCUT2D eigenvalue weighted by Gasteiger charge is -2.12. The number of carbonyl (C=O) groups excluding carboxylic acids is 1. The number of aliphatic hydroxyl groups is 1. The lowest BCUT2D eigenvalue weighted by Crippen LogP contribution is -2.16. The molecule has 0 heterocycles. The van der Waals surface area contributed by atoms with E-state index in [0.29, 0.717) is 6.42 Å². The number of ether oxygens (including phenoxy) is 1. The Labute approximate surface area is 97.7 Å². The fraction of sp³-hybridized carbons (Fsp3) is 0.364. The van der Waals surface area contributed by atoms with Crippen molar-refractivity contribution in [1.29, 1.82) is 0 Å². The summed E-state index contributed by atoms with van der Waals surface area (Å²) in [6, 6.07) is 1.98. The summed E-state index contributed by atoms with van der Waals surface area (Å²) in [5.74, 6) is -2.65. The molecule has 0 spiro atoms. The molecule has 0 aliphatic heterocycles. The molecule has 0 aliphatic carbocycles. The number of phenols is 3. The Hall–Kier alpha value is -1.95. The Morgan fingerprint density at radius 1 is 1.29 bits per heavy atom. The fourth-order valence-electron chi connectivity index (χ4n) is 1.21. The number of benzene rings is 1. The first-order valence-electron chi connectivity index (χ1n) is 5.02. The third-order valence-corrected chi connectivity index (χ3v) is 2.15. The van der Waals surface area contributed by atoms with Crippen molar-refractivity contribution in [3.8, 4) is 17.2 Å². The van der Waals surface area contributed by atoms with Crippen molar-refractivity contribution in [2.24, 2.45) is 0 Å². The number of aromatic hydroxyl groups is 3. The number of phenolic OH excluding ortho intramolecular Hbond substituents is 3. The van der Waals surface area contributed by atoms with Gasteiger partial charge in [0, 0.05) is 13.0 Å². The second-order valence-corrected chi connectivity index (χ2v) is 3.59. The Kier molecular flexibility index (Phi) is 4.17. The van der Waals surface area contributed by atoms with Crippen molar-refractivity contribution in [2.45, 2.75) is 19.4 Å². The maximum atomic E-state index is 11.5. The highest BCUT2D eigenvalue weighted by Crippen LogP contribution is 2.35. The van der Waals surface area contributed by atoms with Crippen LogP contribution in [0.25, 0.3) is 0 Å². The quantitative estimate of drug-likeness (QED) is 0.458. The van der Waals surface area contributed by atoms with E-state index in [9.17, 15) is 15.0 Å². The van der Waals surface area contributed by atoms with Crippen LogP contribution in [0.15, 0.2) is 12.1 Å². The van der Waals surface area contributed by atoms with Crippen LogP contribution < -0.4 is 0 Å². The molecule has 0 saturated carbocycles. The maximum Gasteiger partial charge on any atom is 0.338 e. The van der Waals surface area contributed by atoms with Gasteiger partial charge in [-0.1, -0.05) is 0 Å². The smallest absolute Gasteiger partial charge is 0.338 e. The molecule has 17 heavy (non-hydrogen) atoms. The van der Waals surface area contributed by atoms with Gasteiger partial charge < -0.3 is 25.2 Å². The number of carbonyl (C=O) groups is 1. The predicted molar refractivity (Wildman–Crippen MR) is 58.0 cm³/mol. The molecule has 0 saturated heterocycles. The minimum absolute atomic E-state index is 0.0809. The Morgan fingerprint density at radius 3 is 2.29 bits per heavy atom. The van der Waals surface area contributed by atoms with Gasteiger partial charge >= 0.3 is 5.97 Å². The summed E-state index contributed by atoms with van der Waals surface area (Å²) in [5, 5.41) is 36.2. The molecule has 94 valence electrons. The molecule has 0 aromatic heterocycles. The topological polar surface area (TPSA) is 107 Å². The summed E-state index contributed by atoms with van der Waals surface area (Å²) < 4.78 is 4.92. The van der Waals surface area contributed by atoms with Crippen LogP contribution in [0.1, 0.15) is 23.7 Å². The third-order valence-electron chi connectivity index (χ3n) is 2.15. The van der Waals surface area contributed by atoms with Gasteiger partial charge in [-0.2, -0.15) is 0 Å². The van der Waals surface area contributed by atoms with Crippen LogP contribution in [-0.2, 0) is 4.74 Å². The molecule has 1 rings (SSSR count). The van der Waals surface area contributed by atoms with Crippen molar-refractivity contribution in [2.75, 3.05) is 6.61 Å². The minimum atomic E-state index is -0.753. The molecule has 4 N–H and O–H groups in total. The van der Waals surface area contributed by atoms with Crippen LogP contribution >= 0.6 is 0 Å². The van der Waals surface area contributed by atoms with Crippen molar-refractivity contribution in [1.82, 2.24) is 0 Å². The van der Waals surface area contributed by atoms with E-state index in [1.165, 1.54) is 0 Å². The Morgan fingerprint density at radius 2 is 1.82 bits per heavy atom. The zero-order valence-electron chi connectivity index (χ0n) is 9.25. The lowest BCUT2D eigenvalue weighted by atomic mass is 10.2. The zero-order valence-corrected chi connectivity index (χ0v) is 9.25. The van der Waals surface area contributed by atoms with E-state index in [2.05, 4.69) is 0 Å². The molecular weight excluding hydrogens is 228 g/mol. The zero-order chi connectivity index (χ0) is 13.0. The Balaban J connectivity index is 2.83. The van der Waals surface area contributed by atoms with E-state index in [4.69, 9.17) is 14.9 Å². The highest BCUT2D eigenvalue weighted by molar-refractivity contribution is 5.91. The summed E-state index contributed by atoms with van der Waals surface area (Å²) in [6.07, 6.45) is -0.187. The number of hydrogen-bond donors (Lipinski definition) is 4. The van der Waals surface area contributed by atoms with E-state index in [0.717, 1.165) is 12.1 Å². The van der Waals surface area contributed by atoms with Gasteiger partial charge in [0.2, 0.25) is 0 Å². The van der Waals surface area contributed by atoms with Gasteiger partial charge in [-0.05, 0) is 19.1 Å². The van der Waals surface area contributed by atoms with E-state index >= 15 is 0 Å². The molecule has 1 aromatic rings. The van der Waals surface area contributed by atoms with Crippen LogP contribution in [0.5, 0.6) is 17.2 Å². The first-order chi connectivity index (χ1) is 7.95. The van der Waals surface area contributed by atoms with Gasteiger partial charge in [-0.15, -0.1) is 0 Å². The third kappa shape index (κ3) is 3.25. The summed E-state index contributed by atoms with van der Waals surface area (Å²) in [5.41, 5.74) is -0.0809. The molecule has 0 radical (unpaired) electrons. The van der Waals surface area contributed by atoms with Crippen LogP contribution in [0.4, 0.5) is 0 Å². The van der Waals surface area contributed by atoms with Crippen LogP contribution in [0.3, 0.4) is 0 Å². The van der Waals surface area contributed by atoms with Gasteiger partial charge in [0.25, 0.3) is 0 Å². The molecule has 0 fully saturated rings. The van der Waals surface area contributed by atoms with Gasteiger partial charge in [0.05, 0.1) is 5.56 Å². The van der Waals surface area contributed by atoms with Crippen molar-refractivity contribution < 1.29 is 30.0 Å². The van der Waals surface area contributed by atoms with Crippen LogP contribution in [0, 0.1) is 0 Å². The van der Waals surface area contributed by atoms with Gasteiger partial charge in [-0.3, -0.25) is 0 Å². The summed E-state index contributed by atoms with van der Waals surface area (Å²) in [4.78, 5) is 11.5. The van der Waals surface area contributed by atoms with Gasteiger partial charge in [-0.25, -0.2) is 4.79 Å². The average Bonchev–Trinajstić information content (AvgIpc) is 2.25. The van der Waals surface area contributed by atoms with Crippen molar-refractivity contribution in [3.63, 3.8) is 0 Å². The van der Waals surface area contributed by atoms with E-state index < -0.39 is 29.3 Å². The highest BCUT2D eigenvalue weighted by Gasteiger charge is 2.16. The molecular formula is C11H14O6. The van der Waals surface area contributed by atoms with E-state index in [-0.39, 0.29) is 12.2 Å². The molecule has 0 amide bonds. The molecule has 1 atom stereocenters. The number of rotatable bonds is 4. The van der Waals surface area contributed by atoms with E-state index in [1.54, 1.807) is 6.92 Å². The van der Waals surface area contributed by atoms with Crippen molar-refractivity contribution in [3.05, 3.63) is 17.7 Å². The number of esters is 1. The highest BCUT2D eigenvalue weighted by atomic mass is 16.5. The molecule has 6 heteroatoms. The average molecular weight is 242 g/mol. The maximum absolute atomic E-state index is 11.5. The number of aliphatic hydroxyl groups excluding tert-OH is 1. The summed E-state index contributed by atoms with van der Waals surface area (Å²) in [6.45, 7) is 1.49. The van der Waals surface area contributed by atoms with E-state index in [1.807, 2.05) is 0 Å². The minimum Gasteiger partial charge on any atom is -0.504 e. The first kappa shape index (κ1) is 13.1. The standard InChI is InChI=1S/C11H14O6/c1-6(2-3-12)17-11(16)7-4-8(13)10(15)9(14)5-7/h4-6,12-15H,2-3H2,1H3. The summed E-state index contributed by atoms with van der Waals surface area (Å²) >= 11 is 0. The number of hydrogen-bond acceptors (Lipinski definition) is 6. The van der Waals surface area contributed by atoms with Gasteiger partial charge in [0.15, 0.2) is 17.2 Å². The molecule has 1 aromatic carbocycles.